The molecule has 0 spiro atoms. The van der Waals surface area contributed by atoms with Gasteiger partial charge in [-0.3, -0.25) is 0 Å². The van der Waals surface area contributed by atoms with Crippen LogP contribution in [0.1, 0.15) is 0 Å². The highest BCUT2D eigenvalue weighted by molar-refractivity contribution is 7.14. The monoisotopic (exact) mass is 278 g/mol. The van der Waals surface area contributed by atoms with E-state index in [4.69, 9.17) is 0 Å². The lowest BCUT2D eigenvalue weighted by molar-refractivity contribution is 0.518. The van der Waals surface area contributed by atoms with Gasteiger partial charge in [0.15, 0.2) is 11.6 Å². The largest absolute Gasteiger partial charge is 0.203 e. The van der Waals surface area contributed by atoms with Gasteiger partial charge in [-0.05, 0) is 11.4 Å². The first-order chi connectivity index (χ1) is 8.77. The summed E-state index contributed by atoms with van der Waals surface area (Å²) in [4.78, 5) is 1.41. The van der Waals surface area contributed by atoms with E-state index in [9.17, 15) is 8.78 Å². The van der Waals surface area contributed by atoms with E-state index in [-0.39, 0.29) is 0 Å². The van der Waals surface area contributed by atoms with Crippen molar-refractivity contribution in [3.63, 3.8) is 0 Å². The molecule has 0 amide bonds. The van der Waals surface area contributed by atoms with Crippen molar-refractivity contribution in [1.29, 1.82) is 0 Å². The van der Waals surface area contributed by atoms with Crippen molar-refractivity contribution in [3.8, 4) is 20.9 Å². The first-order valence-corrected chi connectivity index (χ1v) is 7.09. The Morgan fingerprint density at radius 3 is 2.22 bits per heavy atom. The lowest BCUT2D eigenvalue weighted by Crippen LogP contribution is -1.83. The van der Waals surface area contributed by atoms with Gasteiger partial charge in [-0.2, -0.15) is 0 Å². The Labute approximate surface area is 111 Å². The molecule has 0 aliphatic carbocycles. The molecular formula is C14H8F2S2. The summed E-state index contributed by atoms with van der Waals surface area (Å²) in [6.07, 6.45) is 0. The van der Waals surface area contributed by atoms with Gasteiger partial charge in [0.25, 0.3) is 0 Å². The van der Waals surface area contributed by atoms with E-state index in [0.717, 1.165) is 27.3 Å². The van der Waals surface area contributed by atoms with E-state index in [2.05, 4.69) is 0 Å². The van der Waals surface area contributed by atoms with Crippen molar-refractivity contribution in [2.24, 2.45) is 0 Å². The molecule has 0 atom stereocenters. The summed E-state index contributed by atoms with van der Waals surface area (Å²) in [6, 6.07) is 11.4. The summed E-state index contributed by atoms with van der Waals surface area (Å²) >= 11 is 2.68. The smallest absolute Gasteiger partial charge is 0.177 e. The van der Waals surface area contributed by atoms with Crippen LogP contribution in [0.4, 0.5) is 8.78 Å². The van der Waals surface area contributed by atoms with Gasteiger partial charge in [0, 0.05) is 21.4 Å². The second-order valence-corrected chi connectivity index (χ2v) is 5.58. The maximum atomic E-state index is 13.7. The Balaban J connectivity index is 2.22. The van der Waals surface area contributed by atoms with E-state index in [0.29, 0.717) is 4.88 Å². The predicted molar refractivity (Wildman–Crippen MR) is 73.0 cm³/mol. The third-order valence-electron chi connectivity index (χ3n) is 2.65. The maximum Gasteiger partial charge on any atom is 0.177 e. The van der Waals surface area contributed by atoms with E-state index < -0.39 is 11.6 Å². The van der Waals surface area contributed by atoms with Crippen molar-refractivity contribution >= 4 is 22.7 Å². The Hall–Kier alpha value is -1.52. The average Bonchev–Trinajstić information content (AvgIpc) is 3.02. The molecule has 3 rings (SSSR count). The number of thiophene rings is 2. The molecule has 0 bridgehead atoms. The zero-order chi connectivity index (χ0) is 12.5. The molecule has 0 unspecified atom stereocenters. The molecule has 0 saturated carbocycles. The van der Waals surface area contributed by atoms with Crippen LogP contribution in [0.5, 0.6) is 0 Å². The number of hydrogen-bond donors (Lipinski definition) is 0. The number of benzene rings is 1. The number of rotatable bonds is 2. The summed E-state index contributed by atoms with van der Waals surface area (Å²) < 4.78 is 26.8. The Morgan fingerprint density at radius 2 is 1.61 bits per heavy atom. The first-order valence-electron chi connectivity index (χ1n) is 5.33. The van der Waals surface area contributed by atoms with E-state index in [1.54, 1.807) is 11.3 Å². The normalized spacial score (nSPS) is 10.8. The molecule has 0 N–H and O–H groups in total. The van der Waals surface area contributed by atoms with Gasteiger partial charge in [0.2, 0.25) is 0 Å². The molecule has 4 heteroatoms. The fourth-order valence-electron chi connectivity index (χ4n) is 1.83. The van der Waals surface area contributed by atoms with Crippen LogP contribution in [0.2, 0.25) is 0 Å². The summed E-state index contributed by atoms with van der Waals surface area (Å²) in [5, 5.41) is 3.17. The first kappa shape index (κ1) is 11.6. The molecule has 90 valence electrons. The van der Waals surface area contributed by atoms with Crippen molar-refractivity contribution in [3.05, 3.63) is 58.8 Å². The second kappa shape index (κ2) is 4.63. The molecule has 0 nitrogen and oxygen atoms in total. The topological polar surface area (TPSA) is 0 Å². The molecule has 2 aromatic heterocycles. The minimum Gasteiger partial charge on any atom is -0.203 e. The van der Waals surface area contributed by atoms with Gasteiger partial charge >= 0.3 is 0 Å². The highest BCUT2D eigenvalue weighted by Gasteiger charge is 2.16. The molecule has 0 radical (unpaired) electrons. The standard InChI is InChI=1S/C14H8F2S2/c15-11-8-18-14(13(11)16)10-5-2-1-4-9(10)12-6-3-7-17-12/h1-8H. The Bertz CT molecular complexity index is 669. The summed E-state index contributed by atoms with van der Waals surface area (Å²) in [6.45, 7) is 0. The summed E-state index contributed by atoms with van der Waals surface area (Å²) in [7, 11) is 0. The molecule has 0 aliphatic rings. The second-order valence-electron chi connectivity index (χ2n) is 3.75. The predicted octanol–water partition coefficient (Wildman–Crippen LogP) is 5.42. The molecule has 3 aromatic rings. The van der Waals surface area contributed by atoms with Crippen LogP contribution < -0.4 is 0 Å². The van der Waals surface area contributed by atoms with E-state index in [1.807, 2.05) is 41.8 Å². The fourth-order valence-corrected chi connectivity index (χ4v) is 3.43. The van der Waals surface area contributed by atoms with Gasteiger partial charge in [0.05, 0.1) is 4.88 Å². The zero-order valence-corrected chi connectivity index (χ0v) is 10.8. The quantitative estimate of drug-likeness (QED) is 0.587. The van der Waals surface area contributed by atoms with Gasteiger partial charge < -0.3 is 0 Å². The molecule has 18 heavy (non-hydrogen) atoms. The molecular weight excluding hydrogens is 270 g/mol. The number of halogens is 2. The molecule has 1 aromatic carbocycles. The van der Waals surface area contributed by atoms with Gasteiger partial charge in [0.1, 0.15) is 0 Å². The van der Waals surface area contributed by atoms with Crippen LogP contribution in [-0.4, -0.2) is 0 Å². The van der Waals surface area contributed by atoms with Crippen LogP contribution >= 0.6 is 22.7 Å². The van der Waals surface area contributed by atoms with Crippen LogP contribution in [0.3, 0.4) is 0 Å². The van der Waals surface area contributed by atoms with Crippen molar-refractivity contribution in [2.75, 3.05) is 0 Å². The van der Waals surface area contributed by atoms with Crippen molar-refractivity contribution in [2.45, 2.75) is 0 Å². The van der Waals surface area contributed by atoms with Crippen LogP contribution in [0, 0.1) is 11.6 Å². The van der Waals surface area contributed by atoms with E-state index in [1.165, 1.54) is 5.38 Å². The third-order valence-corrected chi connectivity index (χ3v) is 4.51. The van der Waals surface area contributed by atoms with Gasteiger partial charge in [-0.1, -0.05) is 30.3 Å². The number of hydrogen-bond acceptors (Lipinski definition) is 2. The Kier molecular flexibility index (Phi) is 2.97. The summed E-state index contributed by atoms with van der Waals surface area (Å²) in [5.74, 6) is -1.54. The lowest BCUT2D eigenvalue weighted by atomic mass is 10.0. The summed E-state index contributed by atoms with van der Waals surface area (Å²) in [5.41, 5.74) is 1.68. The molecule has 0 aliphatic heterocycles. The van der Waals surface area contributed by atoms with Crippen molar-refractivity contribution in [1.82, 2.24) is 0 Å². The van der Waals surface area contributed by atoms with Crippen molar-refractivity contribution < 1.29 is 8.78 Å². The van der Waals surface area contributed by atoms with Crippen LogP contribution in [0.15, 0.2) is 47.2 Å². The molecule has 0 saturated heterocycles. The molecule has 2 heterocycles. The maximum absolute atomic E-state index is 13.7. The highest BCUT2D eigenvalue weighted by Crippen LogP contribution is 2.38. The Morgan fingerprint density at radius 1 is 0.833 bits per heavy atom. The van der Waals surface area contributed by atoms with Crippen LogP contribution in [-0.2, 0) is 0 Å². The molecule has 0 fully saturated rings. The highest BCUT2D eigenvalue weighted by atomic mass is 32.1. The fraction of sp³-hybridized carbons (Fsp3) is 0. The lowest BCUT2D eigenvalue weighted by Gasteiger charge is -2.05. The average molecular weight is 278 g/mol. The minimum atomic E-state index is -0.781. The zero-order valence-electron chi connectivity index (χ0n) is 9.19. The van der Waals surface area contributed by atoms with Gasteiger partial charge in [-0.15, -0.1) is 22.7 Å². The minimum absolute atomic E-state index is 0.358. The van der Waals surface area contributed by atoms with Gasteiger partial charge in [-0.25, -0.2) is 8.78 Å². The SMILES string of the molecule is Fc1csc(-c2ccccc2-c2cccs2)c1F. The van der Waals surface area contributed by atoms with Crippen LogP contribution in [0.25, 0.3) is 20.9 Å². The van der Waals surface area contributed by atoms with E-state index >= 15 is 0 Å². The third kappa shape index (κ3) is 1.87.